The normalized spacial score (nSPS) is 9.52. The number of nitriles is 1. The van der Waals surface area contributed by atoms with Gasteiger partial charge in [0.2, 0.25) is 0 Å². The van der Waals surface area contributed by atoms with Crippen molar-refractivity contribution in [1.82, 2.24) is 0 Å². The van der Waals surface area contributed by atoms with E-state index in [-0.39, 0.29) is 12.6 Å². The predicted octanol–water partition coefficient (Wildman–Crippen LogP) is 3.54. The van der Waals surface area contributed by atoms with Crippen LogP contribution in [0.4, 0.5) is 16.2 Å². The van der Waals surface area contributed by atoms with Crippen LogP contribution in [0, 0.1) is 18.3 Å². The largest absolute Gasteiger partial charge is 0.477 e. The van der Waals surface area contributed by atoms with Gasteiger partial charge in [0.1, 0.15) is 11.8 Å². The lowest BCUT2D eigenvalue weighted by Crippen LogP contribution is -2.19. The van der Waals surface area contributed by atoms with E-state index in [0.717, 1.165) is 5.56 Å². The maximum absolute atomic E-state index is 12.0. The third-order valence-corrected chi connectivity index (χ3v) is 2.74. The van der Waals surface area contributed by atoms with Gasteiger partial charge in [-0.2, -0.15) is 5.26 Å². The van der Waals surface area contributed by atoms with Crippen LogP contribution >= 0.6 is 0 Å². The summed E-state index contributed by atoms with van der Waals surface area (Å²) < 4.78 is 5.25. The Bertz CT molecular complexity index is 660. The van der Waals surface area contributed by atoms with E-state index in [1.165, 1.54) is 0 Å². The molecule has 2 aromatic carbocycles. The smallest absolute Gasteiger partial charge is 0.323 e. The lowest BCUT2D eigenvalue weighted by molar-refractivity contribution is 0.262. The predicted molar refractivity (Wildman–Crippen MR) is 81.4 cm³/mol. The molecule has 0 radical (unpaired) electrons. The monoisotopic (exact) mass is 281 g/mol. The van der Waals surface area contributed by atoms with E-state index in [9.17, 15) is 4.79 Å². The number of nitrogens with zero attached hydrogens (tertiary/aromatic N) is 1. The second kappa shape index (κ2) is 6.96. The molecule has 0 spiro atoms. The van der Waals surface area contributed by atoms with Crippen molar-refractivity contribution >= 4 is 17.4 Å². The van der Waals surface area contributed by atoms with Crippen molar-refractivity contribution in [2.45, 2.75) is 6.92 Å². The van der Waals surface area contributed by atoms with Gasteiger partial charge < -0.3 is 15.4 Å². The maximum Gasteiger partial charge on any atom is 0.323 e. The first-order chi connectivity index (χ1) is 10.2. The second-order valence-electron chi connectivity index (χ2n) is 4.39. The average Bonchev–Trinajstić information content (AvgIpc) is 2.49. The summed E-state index contributed by atoms with van der Waals surface area (Å²) in [7, 11) is 0. The molecule has 2 amide bonds. The van der Waals surface area contributed by atoms with E-state index in [1.807, 2.05) is 37.3 Å². The van der Waals surface area contributed by atoms with Crippen LogP contribution < -0.4 is 15.4 Å². The molecule has 0 bridgehead atoms. The summed E-state index contributed by atoms with van der Waals surface area (Å²) in [6.45, 7) is 1.91. The molecule has 0 unspecified atom stereocenters. The van der Waals surface area contributed by atoms with Gasteiger partial charge in [0.25, 0.3) is 0 Å². The molecule has 0 heterocycles. The molecule has 0 atom stereocenters. The van der Waals surface area contributed by atoms with Crippen LogP contribution in [0.15, 0.2) is 48.5 Å². The Balaban J connectivity index is 2.02. The molecule has 0 aliphatic carbocycles. The standard InChI is InChI=1S/C16H15N3O2/c1-12-6-8-13(9-7-12)18-16(20)19-14-4-2-3-5-15(14)21-11-10-17/h2-9H,11H2,1H3,(H2,18,19,20). The molecule has 21 heavy (non-hydrogen) atoms. The van der Waals surface area contributed by atoms with Crippen molar-refractivity contribution in [3.63, 3.8) is 0 Å². The van der Waals surface area contributed by atoms with E-state index < -0.39 is 0 Å². The van der Waals surface area contributed by atoms with Gasteiger partial charge in [-0.3, -0.25) is 0 Å². The molecule has 5 heteroatoms. The Hall–Kier alpha value is -3.00. The summed E-state index contributed by atoms with van der Waals surface area (Å²) in [6.07, 6.45) is 0. The first-order valence-corrected chi connectivity index (χ1v) is 6.42. The topological polar surface area (TPSA) is 74.2 Å². The quantitative estimate of drug-likeness (QED) is 0.900. The highest BCUT2D eigenvalue weighted by Gasteiger charge is 2.07. The van der Waals surface area contributed by atoms with Gasteiger partial charge in [0.15, 0.2) is 6.61 Å². The number of nitrogens with one attached hydrogen (secondary N) is 2. The van der Waals surface area contributed by atoms with Crippen LogP contribution in [0.25, 0.3) is 0 Å². The Morgan fingerprint density at radius 1 is 1.14 bits per heavy atom. The molecule has 2 N–H and O–H groups in total. The first kappa shape index (κ1) is 14.4. The van der Waals surface area contributed by atoms with Crippen LogP contribution in [0.3, 0.4) is 0 Å². The van der Waals surface area contributed by atoms with Crippen molar-refractivity contribution in [1.29, 1.82) is 5.26 Å². The Kier molecular flexibility index (Phi) is 4.78. The van der Waals surface area contributed by atoms with Gasteiger partial charge in [0, 0.05) is 5.69 Å². The van der Waals surface area contributed by atoms with Gasteiger partial charge in [-0.1, -0.05) is 29.8 Å². The van der Waals surface area contributed by atoms with Crippen LogP contribution in [-0.4, -0.2) is 12.6 Å². The highest BCUT2D eigenvalue weighted by atomic mass is 16.5. The van der Waals surface area contributed by atoms with Crippen molar-refractivity contribution in [3.05, 3.63) is 54.1 Å². The SMILES string of the molecule is Cc1ccc(NC(=O)Nc2ccccc2OCC#N)cc1. The van der Waals surface area contributed by atoms with Crippen LogP contribution in [0.2, 0.25) is 0 Å². The summed E-state index contributed by atoms with van der Waals surface area (Å²) in [6, 6.07) is 16.0. The zero-order valence-electron chi connectivity index (χ0n) is 11.6. The van der Waals surface area contributed by atoms with Crippen molar-refractivity contribution in [2.75, 3.05) is 17.2 Å². The maximum atomic E-state index is 12.0. The minimum atomic E-state index is -0.369. The zero-order chi connectivity index (χ0) is 15.1. The average molecular weight is 281 g/mol. The van der Waals surface area contributed by atoms with Crippen molar-refractivity contribution in [3.8, 4) is 11.8 Å². The third kappa shape index (κ3) is 4.25. The fraction of sp³-hybridized carbons (Fsp3) is 0.125. The molecule has 0 aromatic heterocycles. The summed E-state index contributed by atoms with van der Waals surface area (Å²) in [5.41, 5.74) is 2.34. The molecule has 5 nitrogen and oxygen atoms in total. The molecule has 0 aliphatic rings. The minimum absolute atomic E-state index is 0.0712. The second-order valence-corrected chi connectivity index (χ2v) is 4.39. The molecule has 2 aromatic rings. The first-order valence-electron chi connectivity index (χ1n) is 6.42. The van der Waals surface area contributed by atoms with Gasteiger partial charge in [-0.25, -0.2) is 4.79 Å². The van der Waals surface area contributed by atoms with Crippen LogP contribution in [0.1, 0.15) is 5.56 Å². The van der Waals surface area contributed by atoms with E-state index in [0.29, 0.717) is 17.1 Å². The minimum Gasteiger partial charge on any atom is -0.477 e. The number of rotatable bonds is 4. The van der Waals surface area contributed by atoms with E-state index in [1.54, 1.807) is 24.3 Å². The van der Waals surface area contributed by atoms with Gasteiger partial charge in [-0.05, 0) is 31.2 Å². The summed E-state index contributed by atoms with van der Waals surface area (Å²) in [4.78, 5) is 12.0. The van der Waals surface area contributed by atoms with Crippen molar-refractivity contribution < 1.29 is 9.53 Å². The Morgan fingerprint density at radius 2 is 1.86 bits per heavy atom. The molecule has 0 saturated heterocycles. The lowest BCUT2D eigenvalue weighted by atomic mass is 10.2. The van der Waals surface area contributed by atoms with E-state index in [2.05, 4.69) is 10.6 Å². The number of carbonyl (C=O) groups is 1. The number of carbonyl (C=O) groups excluding carboxylic acids is 1. The molecular formula is C16H15N3O2. The molecule has 2 rings (SSSR count). The number of anilines is 2. The number of hydrogen-bond donors (Lipinski definition) is 2. The highest BCUT2D eigenvalue weighted by molar-refractivity contribution is 6.00. The zero-order valence-corrected chi connectivity index (χ0v) is 11.6. The molecular weight excluding hydrogens is 266 g/mol. The highest BCUT2D eigenvalue weighted by Crippen LogP contribution is 2.23. The molecule has 0 fully saturated rings. The number of amides is 2. The lowest BCUT2D eigenvalue weighted by Gasteiger charge is -2.11. The van der Waals surface area contributed by atoms with Crippen molar-refractivity contribution in [2.24, 2.45) is 0 Å². The van der Waals surface area contributed by atoms with Gasteiger partial charge >= 0.3 is 6.03 Å². The number of ether oxygens (including phenoxy) is 1. The number of benzene rings is 2. The number of hydrogen-bond acceptors (Lipinski definition) is 3. The number of aryl methyl sites for hydroxylation is 1. The third-order valence-electron chi connectivity index (χ3n) is 2.74. The fourth-order valence-electron chi connectivity index (χ4n) is 1.73. The summed E-state index contributed by atoms with van der Waals surface area (Å²) >= 11 is 0. The fourth-order valence-corrected chi connectivity index (χ4v) is 1.73. The van der Waals surface area contributed by atoms with Crippen LogP contribution in [0.5, 0.6) is 5.75 Å². The van der Waals surface area contributed by atoms with E-state index in [4.69, 9.17) is 10.00 Å². The Labute approximate surface area is 123 Å². The van der Waals surface area contributed by atoms with Gasteiger partial charge in [-0.15, -0.1) is 0 Å². The van der Waals surface area contributed by atoms with Gasteiger partial charge in [0.05, 0.1) is 5.69 Å². The summed E-state index contributed by atoms with van der Waals surface area (Å²) in [5.74, 6) is 0.457. The Morgan fingerprint density at radius 3 is 2.57 bits per heavy atom. The van der Waals surface area contributed by atoms with Crippen LogP contribution in [-0.2, 0) is 0 Å². The molecule has 0 aliphatic heterocycles. The van der Waals surface area contributed by atoms with E-state index >= 15 is 0 Å². The molecule has 0 saturated carbocycles. The number of para-hydroxylation sites is 2. The number of urea groups is 1. The molecule has 106 valence electrons. The summed E-state index contributed by atoms with van der Waals surface area (Å²) in [5, 5.41) is 14.0.